The van der Waals surface area contributed by atoms with Crippen LogP contribution in [0.1, 0.15) is 39.7 Å². The summed E-state index contributed by atoms with van der Waals surface area (Å²) in [6.45, 7) is 4.17. The van der Waals surface area contributed by atoms with Gasteiger partial charge in [-0.3, -0.25) is 4.79 Å². The lowest BCUT2D eigenvalue weighted by molar-refractivity contribution is -0.113. The van der Waals surface area contributed by atoms with Crippen molar-refractivity contribution in [3.8, 4) is 11.5 Å². The minimum atomic E-state index is -0.408. The average molecular weight is 458 g/mol. The SMILES string of the molecule is COC(=O)c1c(NC(=O)CSc2nnc(-c3ccccc3C)o2)sc2c1CCC(C)C2. The topological polar surface area (TPSA) is 94.3 Å². The van der Waals surface area contributed by atoms with Gasteiger partial charge in [-0.15, -0.1) is 21.5 Å². The molecule has 2 aromatic heterocycles. The molecule has 0 aliphatic heterocycles. The predicted molar refractivity (Wildman–Crippen MR) is 121 cm³/mol. The highest BCUT2D eigenvalue weighted by Gasteiger charge is 2.29. The van der Waals surface area contributed by atoms with Crippen LogP contribution in [0.2, 0.25) is 0 Å². The number of amides is 1. The predicted octanol–water partition coefficient (Wildman–Crippen LogP) is 4.75. The third-order valence-electron chi connectivity index (χ3n) is 5.26. The fourth-order valence-corrected chi connectivity index (χ4v) is 5.61. The summed E-state index contributed by atoms with van der Waals surface area (Å²) < 4.78 is 10.7. The van der Waals surface area contributed by atoms with Crippen molar-refractivity contribution in [1.82, 2.24) is 10.2 Å². The number of fused-ring (bicyclic) bond motifs is 1. The second kappa shape index (κ2) is 9.23. The van der Waals surface area contributed by atoms with Crippen molar-refractivity contribution >= 4 is 40.0 Å². The number of esters is 1. The molecule has 0 saturated heterocycles. The molecule has 1 aliphatic carbocycles. The molecule has 3 aromatic rings. The van der Waals surface area contributed by atoms with Gasteiger partial charge in [0.25, 0.3) is 5.22 Å². The lowest BCUT2D eigenvalue weighted by Crippen LogP contribution is -2.17. The van der Waals surface area contributed by atoms with E-state index < -0.39 is 5.97 Å². The molecule has 7 nitrogen and oxygen atoms in total. The van der Waals surface area contributed by atoms with E-state index in [4.69, 9.17) is 9.15 Å². The number of thioether (sulfide) groups is 1. The number of thiophene rings is 1. The molecule has 1 aliphatic rings. The standard InChI is InChI=1S/C22H23N3O4S2/c1-12-8-9-15-16(10-12)31-20(18(15)21(27)28-3)23-17(26)11-30-22-25-24-19(29-22)14-7-5-4-6-13(14)2/h4-7,12H,8-11H2,1-3H3,(H,23,26). The van der Waals surface area contributed by atoms with E-state index in [1.165, 1.54) is 18.4 Å². The van der Waals surface area contributed by atoms with Gasteiger partial charge in [-0.05, 0) is 49.3 Å². The number of carbonyl (C=O) groups excluding carboxylic acids is 2. The maximum Gasteiger partial charge on any atom is 0.341 e. The number of anilines is 1. The number of methoxy groups -OCH3 is 1. The van der Waals surface area contributed by atoms with Crippen molar-refractivity contribution in [1.29, 1.82) is 0 Å². The Bertz CT molecular complexity index is 1120. The summed E-state index contributed by atoms with van der Waals surface area (Å²) in [7, 11) is 1.36. The number of benzene rings is 1. The maximum atomic E-state index is 12.6. The molecule has 1 unspecified atom stereocenters. The van der Waals surface area contributed by atoms with Crippen LogP contribution in [0.4, 0.5) is 5.00 Å². The van der Waals surface area contributed by atoms with Crippen LogP contribution in [0, 0.1) is 12.8 Å². The Hall–Kier alpha value is -2.65. The van der Waals surface area contributed by atoms with Gasteiger partial charge in [0.2, 0.25) is 11.8 Å². The van der Waals surface area contributed by atoms with Gasteiger partial charge in [0, 0.05) is 10.4 Å². The maximum absolute atomic E-state index is 12.6. The highest BCUT2D eigenvalue weighted by Crippen LogP contribution is 2.40. The molecule has 0 bridgehead atoms. The molecule has 0 saturated carbocycles. The summed E-state index contributed by atoms with van der Waals surface area (Å²) in [5.41, 5.74) is 3.41. The summed E-state index contributed by atoms with van der Waals surface area (Å²) in [5.74, 6) is 0.437. The molecule has 1 atom stereocenters. The van der Waals surface area contributed by atoms with Gasteiger partial charge in [-0.1, -0.05) is 36.9 Å². The van der Waals surface area contributed by atoms with Crippen molar-refractivity contribution in [3.05, 3.63) is 45.8 Å². The number of nitrogens with one attached hydrogen (secondary N) is 1. The zero-order chi connectivity index (χ0) is 22.0. The first-order valence-corrected chi connectivity index (χ1v) is 11.8. The van der Waals surface area contributed by atoms with Gasteiger partial charge in [0.1, 0.15) is 5.00 Å². The molecule has 1 amide bonds. The van der Waals surface area contributed by atoms with Crippen molar-refractivity contribution in [2.45, 2.75) is 38.3 Å². The Balaban J connectivity index is 1.44. The Morgan fingerprint density at radius 1 is 1.32 bits per heavy atom. The van der Waals surface area contributed by atoms with Crippen molar-refractivity contribution in [3.63, 3.8) is 0 Å². The van der Waals surface area contributed by atoms with E-state index in [1.807, 2.05) is 31.2 Å². The summed E-state index contributed by atoms with van der Waals surface area (Å²) in [5, 5.41) is 11.9. The first-order chi connectivity index (χ1) is 15.0. The van der Waals surface area contributed by atoms with Gasteiger partial charge >= 0.3 is 5.97 Å². The number of hydrogen-bond acceptors (Lipinski definition) is 8. The fourth-order valence-electron chi connectivity index (χ4n) is 3.64. The third kappa shape index (κ3) is 4.67. The second-order valence-corrected chi connectivity index (χ2v) is 9.60. The molecule has 0 radical (unpaired) electrons. The van der Waals surface area contributed by atoms with E-state index in [0.717, 1.165) is 52.6 Å². The molecule has 31 heavy (non-hydrogen) atoms. The largest absolute Gasteiger partial charge is 0.465 e. The fraction of sp³-hybridized carbons (Fsp3) is 0.364. The smallest absolute Gasteiger partial charge is 0.341 e. The highest BCUT2D eigenvalue weighted by molar-refractivity contribution is 7.99. The molecule has 162 valence electrons. The summed E-state index contributed by atoms with van der Waals surface area (Å²) in [6, 6.07) is 7.74. The van der Waals surface area contributed by atoms with Crippen LogP contribution in [-0.4, -0.2) is 34.9 Å². The number of carbonyl (C=O) groups is 2. The number of nitrogens with zero attached hydrogens (tertiary/aromatic N) is 2. The van der Waals surface area contributed by atoms with Gasteiger partial charge in [-0.2, -0.15) is 0 Å². The molecule has 1 N–H and O–H groups in total. The van der Waals surface area contributed by atoms with Crippen LogP contribution >= 0.6 is 23.1 Å². The van der Waals surface area contributed by atoms with Crippen LogP contribution in [0.25, 0.3) is 11.5 Å². The van der Waals surface area contributed by atoms with Gasteiger partial charge < -0.3 is 14.5 Å². The van der Waals surface area contributed by atoms with E-state index in [1.54, 1.807) is 0 Å². The highest BCUT2D eigenvalue weighted by atomic mass is 32.2. The molecule has 4 rings (SSSR count). The quantitative estimate of drug-likeness (QED) is 0.422. The van der Waals surface area contributed by atoms with Gasteiger partial charge in [0.05, 0.1) is 18.4 Å². The van der Waals surface area contributed by atoms with E-state index in [0.29, 0.717) is 27.6 Å². The van der Waals surface area contributed by atoms with Gasteiger partial charge in [-0.25, -0.2) is 4.79 Å². The number of rotatable bonds is 6. The Morgan fingerprint density at radius 3 is 2.90 bits per heavy atom. The Kier molecular flexibility index (Phi) is 6.43. The summed E-state index contributed by atoms with van der Waals surface area (Å²) in [4.78, 5) is 26.1. The molecule has 0 fully saturated rings. The first kappa shape index (κ1) is 21.6. The number of ether oxygens (including phenoxy) is 1. The molecule has 1 aromatic carbocycles. The number of hydrogen-bond donors (Lipinski definition) is 1. The zero-order valence-electron chi connectivity index (χ0n) is 17.6. The lowest BCUT2D eigenvalue weighted by atomic mass is 9.88. The molecule has 9 heteroatoms. The second-order valence-electron chi connectivity index (χ2n) is 7.57. The van der Waals surface area contributed by atoms with Crippen LogP contribution in [0.3, 0.4) is 0 Å². The van der Waals surface area contributed by atoms with Crippen molar-refractivity contribution in [2.75, 3.05) is 18.2 Å². The van der Waals surface area contributed by atoms with E-state index in [-0.39, 0.29) is 11.7 Å². The molecule has 2 heterocycles. The number of aryl methyl sites for hydroxylation is 1. The monoisotopic (exact) mass is 457 g/mol. The summed E-state index contributed by atoms with van der Waals surface area (Å²) in [6.07, 6.45) is 2.77. The Labute approximate surface area is 188 Å². The zero-order valence-corrected chi connectivity index (χ0v) is 19.2. The minimum Gasteiger partial charge on any atom is -0.465 e. The first-order valence-electron chi connectivity index (χ1n) is 10.0. The van der Waals surface area contributed by atoms with E-state index in [9.17, 15) is 9.59 Å². The van der Waals surface area contributed by atoms with E-state index in [2.05, 4.69) is 22.4 Å². The number of aromatic nitrogens is 2. The third-order valence-corrected chi connectivity index (χ3v) is 7.25. The van der Waals surface area contributed by atoms with Crippen LogP contribution < -0.4 is 5.32 Å². The van der Waals surface area contributed by atoms with Crippen molar-refractivity contribution in [2.24, 2.45) is 5.92 Å². The lowest BCUT2D eigenvalue weighted by Gasteiger charge is -2.18. The Morgan fingerprint density at radius 2 is 2.13 bits per heavy atom. The van der Waals surface area contributed by atoms with Gasteiger partial charge in [0.15, 0.2) is 0 Å². The molecular formula is C22H23N3O4S2. The molecular weight excluding hydrogens is 434 g/mol. The van der Waals surface area contributed by atoms with E-state index >= 15 is 0 Å². The normalized spacial score (nSPS) is 15.4. The summed E-state index contributed by atoms with van der Waals surface area (Å²) >= 11 is 2.63. The molecule has 0 spiro atoms. The van der Waals surface area contributed by atoms with Crippen LogP contribution in [-0.2, 0) is 22.4 Å². The van der Waals surface area contributed by atoms with Crippen LogP contribution in [0.15, 0.2) is 33.9 Å². The van der Waals surface area contributed by atoms with Crippen LogP contribution in [0.5, 0.6) is 0 Å². The van der Waals surface area contributed by atoms with Crippen molar-refractivity contribution < 1.29 is 18.7 Å². The average Bonchev–Trinajstić information content (AvgIpc) is 3.36. The minimum absolute atomic E-state index is 0.0922.